The number of carbonyl (C=O) groups is 1. The van der Waals surface area contributed by atoms with Crippen molar-refractivity contribution in [3.63, 3.8) is 0 Å². The van der Waals surface area contributed by atoms with Crippen LogP contribution in [0.4, 0.5) is 20.2 Å². The van der Waals surface area contributed by atoms with Gasteiger partial charge in [0.15, 0.2) is 0 Å². The molecule has 0 saturated heterocycles. The van der Waals surface area contributed by atoms with Gasteiger partial charge in [-0.05, 0) is 24.3 Å². The van der Waals surface area contributed by atoms with Crippen LogP contribution in [0.15, 0.2) is 30.3 Å². The number of nitrogens with one attached hydrogen (secondary N) is 1. The molecule has 0 aromatic heterocycles. The van der Waals surface area contributed by atoms with Crippen molar-refractivity contribution in [2.45, 2.75) is 0 Å². The van der Waals surface area contributed by atoms with Gasteiger partial charge in [-0.2, -0.15) is 0 Å². The molecule has 2 aromatic rings. The molecule has 0 fully saturated rings. The first-order valence-electron chi connectivity index (χ1n) is 5.39. The Balaban J connectivity index is 2.32. The number of halogens is 4. The highest BCUT2D eigenvalue weighted by Crippen LogP contribution is 2.24. The van der Waals surface area contributed by atoms with E-state index in [1.165, 1.54) is 18.2 Å². The van der Waals surface area contributed by atoms with E-state index in [-0.39, 0.29) is 22.0 Å². The average molecular weight is 317 g/mol. The smallest absolute Gasteiger partial charge is 0.257 e. The van der Waals surface area contributed by atoms with Gasteiger partial charge in [-0.15, -0.1) is 0 Å². The molecule has 2 rings (SSSR count). The number of anilines is 2. The van der Waals surface area contributed by atoms with Gasteiger partial charge >= 0.3 is 0 Å². The summed E-state index contributed by atoms with van der Waals surface area (Å²) in [5.41, 5.74) is 4.86. The van der Waals surface area contributed by atoms with E-state index in [2.05, 4.69) is 5.32 Å². The molecule has 0 bridgehead atoms. The number of carbonyl (C=O) groups excluding carboxylic acids is 1. The van der Waals surface area contributed by atoms with Crippen LogP contribution in [0.1, 0.15) is 10.4 Å². The summed E-state index contributed by atoms with van der Waals surface area (Å²) in [4.78, 5) is 12.0. The summed E-state index contributed by atoms with van der Waals surface area (Å²) in [5.74, 6) is -2.52. The minimum Gasteiger partial charge on any atom is -0.396 e. The summed E-state index contributed by atoms with van der Waals surface area (Å²) in [6, 6.07) is 5.86. The maximum absolute atomic E-state index is 13.5. The average Bonchev–Trinajstić information content (AvgIpc) is 2.38. The molecule has 20 heavy (non-hydrogen) atoms. The number of hydrogen-bond donors (Lipinski definition) is 2. The van der Waals surface area contributed by atoms with E-state index in [1.807, 2.05) is 0 Å². The van der Waals surface area contributed by atoms with E-state index >= 15 is 0 Å². The minimum absolute atomic E-state index is 0.0708. The molecular formula is C13H8Cl2F2N2O. The molecule has 1 amide bonds. The van der Waals surface area contributed by atoms with Crippen LogP contribution in [-0.4, -0.2) is 5.91 Å². The Morgan fingerprint density at radius 2 is 1.80 bits per heavy atom. The second-order valence-corrected chi connectivity index (χ2v) is 4.78. The third-order valence-corrected chi connectivity index (χ3v) is 3.07. The molecule has 3 N–H and O–H groups in total. The number of nitrogens with two attached hydrogens (primary N) is 1. The molecular weight excluding hydrogens is 309 g/mol. The lowest BCUT2D eigenvalue weighted by Crippen LogP contribution is -2.14. The normalized spacial score (nSPS) is 10.4. The van der Waals surface area contributed by atoms with Gasteiger partial charge in [0.25, 0.3) is 5.91 Å². The van der Waals surface area contributed by atoms with Crippen molar-refractivity contribution in [3.05, 3.63) is 57.6 Å². The monoisotopic (exact) mass is 316 g/mol. The Hall–Kier alpha value is -1.85. The topological polar surface area (TPSA) is 55.1 Å². The predicted octanol–water partition coefficient (Wildman–Crippen LogP) is 4.11. The molecule has 0 atom stereocenters. The molecule has 0 aliphatic heterocycles. The summed E-state index contributed by atoms with van der Waals surface area (Å²) in [6.45, 7) is 0. The maximum atomic E-state index is 13.5. The molecule has 0 radical (unpaired) electrons. The van der Waals surface area contributed by atoms with Gasteiger partial charge in [-0.1, -0.05) is 23.2 Å². The van der Waals surface area contributed by atoms with Crippen molar-refractivity contribution in [2.24, 2.45) is 0 Å². The van der Waals surface area contributed by atoms with E-state index < -0.39 is 17.5 Å². The Bertz CT molecular complexity index is 692. The lowest BCUT2D eigenvalue weighted by atomic mass is 10.2. The summed E-state index contributed by atoms with van der Waals surface area (Å²) in [5, 5.41) is 2.72. The first-order valence-corrected chi connectivity index (χ1v) is 6.15. The van der Waals surface area contributed by atoms with Gasteiger partial charge in [0.1, 0.15) is 11.6 Å². The maximum Gasteiger partial charge on any atom is 0.257 e. The van der Waals surface area contributed by atoms with Crippen molar-refractivity contribution >= 4 is 40.5 Å². The van der Waals surface area contributed by atoms with Crippen LogP contribution in [0.25, 0.3) is 0 Å². The highest BCUT2D eigenvalue weighted by atomic mass is 35.5. The van der Waals surface area contributed by atoms with Crippen molar-refractivity contribution in [1.82, 2.24) is 0 Å². The van der Waals surface area contributed by atoms with Crippen LogP contribution in [0.3, 0.4) is 0 Å². The first-order chi connectivity index (χ1) is 9.38. The fourth-order valence-corrected chi connectivity index (χ4v) is 1.90. The molecule has 0 heterocycles. The highest BCUT2D eigenvalue weighted by molar-refractivity contribution is 6.36. The third-order valence-electron chi connectivity index (χ3n) is 2.51. The van der Waals surface area contributed by atoms with Crippen molar-refractivity contribution in [1.29, 1.82) is 0 Å². The Morgan fingerprint density at radius 1 is 1.10 bits per heavy atom. The molecule has 0 spiro atoms. The van der Waals surface area contributed by atoms with Gasteiger partial charge < -0.3 is 11.1 Å². The second kappa shape index (κ2) is 5.64. The number of benzene rings is 2. The van der Waals surface area contributed by atoms with Gasteiger partial charge in [-0.3, -0.25) is 4.79 Å². The van der Waals surface area contributed by atoms with Crippen LogP contribution in [0.5, 0.6) is 0 Å². The van der Waals surface area contributed by atoms with Crippen molar-refractivity contribution < 1.29 is 13.6 Å². The summed E-state index contributed by atoms with van der Waals surface area (Å²) < 4.78 is 26.5. The number of nitrogen functional groups attached to an aromatic ring is 1. The SMILES string of the molecule is Nc1cc(NC(=O)c2cc(Cl)ccc2Cl)c(F)cc1F. The lowest BCUT2D eigenvalue weighted by Gasteiger charge is -2.09. The molecule has 0 saturated carbocycles. The Labute approximate surface area is 123 Å². The molecule has 0 unspecified atom stereocenters. The zero-order valence-corrected chi connectivity index (χ0v) is 11.4. The fourth-order valence-electron chi connectivity index (χ4n) is 1.52. The van der Waals surface area contributed by atoms with Crippen LogP contribution < -0.4 is 11.1 Å². The molecule has 0 aliphatic carbocycles. The summed E-state index contributed by atoms with van der Waals surface area (Å²) in [7, 11) is 0. The van der Waals surface area contributed by atoms with Crippen LogP contribution in [0.2, 0.25) is 10.0 Å². The number of hydrogen-bond acceptors (Lipinski definition) is 2. The van der Waals surface area contributed by atoms with Crippen LogP contribution >= 0.6 is 23.2 Å². The van der Waals surface area contributed by atoms with Gasteiger partial charge in [-0.25, -0.2) is 8.78 Å². The van der Waals surface area contributed by atoms with Crippen molar-refractivity contribution in [3.8, 4) is 0 Å². The Morgan fingerprint density at radius 3 is 2.50 bits per heavy atom. The third kappa shape index (κ3) is 3.00. The van der Waals surface area contributed by atoms with Gasteiger partial charge in [0, 0.05) is 11.1 Å². The number of rotatable bonds is 2. The minimum atomic E-state index is -0.941. The Kier molecular flexibility index (Phi) is 4.11. The van der Waals surface area contributed by atoms with E-state index in [0.29, 0.717) is 11.1 Å². The summed E-state index contributed by atoms with van der Waals surface area (Å²) >= 11 is 11.6. The van der Waals surface area contributed by atoms with E-state index in [1.54, 1.807) is 0 Å². The van der Waals surface area contributed by atoms with Crippen LogP contribution in [-0.2, 0) is 0 Å². The molecule has 104 valence electrons. The van der Waals surface area contributed by atoms with Crippen molar-refractivity contribution in [2.75, 3.05) is 11.1 Å². The molecule has 3 nitrogen and oxygen atoms in total. The lowest BCUT2D eigenvalue weighted by molar-refractivity contribution is 0.102. The van der Waals surface area contributed by atoms with Gasteiger partial charge in [0.05, 0.1) is 22.0 Å². The fraction of sp³-hybridized carbons (Fsp3) is 0. The molecule has 0 aliphatic rings. The first kappa shape index (κ1) is 14.6. The molecule has 7 heteroatoms. The zero-order chi connectivity index (χ0) is 14.9. The molecule has 2 aromatic carbocycles. The quantitative estimate of drug-likeness (QED) is 0.819. The predicted molar refractivity (Wildman–Crippen MR) is 75.2 cm³/mol. The van der Waals surface area contributed by atoms with Crippen LogP contribution in [0, 0.1) is 11.6 Å². The second-order valence-electron chi connectivity index (χ2n) is 3.93. The largest absolute Gasteiger partial charge is 0.396 e. The highest BCUT2D eigenvalue weighted by Gasteiger charge is 2.15. The number of amides is 1. The van der Waals surface area contributed by atoms with E-state index in [4.69, 9.17) is 28.9 Å². The van der Waals surface area contributed by atoms with E-state index in [9.17, 15) is 13.6 Å². The zero-order valence-electron chi connectivity index (χ0n) is 9.88. The standard InChI is InChI=1S/C13H8Cl2F2N2O/c14-6-1-2-8(15)7(3-6)13(20)19-12-5-11(18)9(16)4-10(12)17/h1-5H,18H2,(H,19,20). The van der Waals surface area contributed by atoms with Gasteiger partial charge in [0.2, 0.25) is 0 Å². The van der Waals surface area contributed by atoms with E-state index in [0.717, 1.165) is 6.07 Å². The summed E-state index contributed by atoms with van der Waals surface area (Å²) in [6.07, 6.45) is 0.